The molecule has 2 heterocycles. The SMILES string of the molecule is CCCNC1C(CN2CC3CCC2C3)C(C)(C)OC1(C)C. The Balaban J connectivity index is 1.73. The van der Waals surface area contributed by atoms with E-state index >= 15 is 0 Å². The lowest BCUT2D eigenvalue weighted by Crippen LogP contribution is -2.52. The number of hydrogen-bond donors (Lipinski definition) is 1. The van der Waals surface area contributed by atoms with Gasteiger partial charge < -0.3 is 10.1 Å². The normalized spacial score (nSPS) is 41.0. The van der Waals surface area contributed by atoms with Gasteiger partial charge in [0, 0.05) is 31.1 Å². The summed E-state index contributed by atoms with van der Waals surface area (Å²) in [6.07, 6.45) is 5.53. The fourth-order valence-corrected chi connectivity index (χ4v) is 5.22. The summed E-state index contributed by atoms with van der Waals surface area (Å²) in [4.78, 5) is 2.77. The molecule has 4 unspecified atom stereocenters. The quantitative estimate of drug-likeness (QED) is 0.843. The number of nitrogens with zero attached hydrogens (tertiary/aromatic N) is 1. The molecule has 2 bridgehead atoms. The minimum Gasteiger partial charge on any atom is -0.368 e. The van der Waals surface area contributed by atoms with Gasteiger partial charge >= 0.3 is 0 Å². The molecule has 4 atom stereocenters. The van der Waals surface area contributed by atoms with Crippen molar-refractivity contribution in [2.75, 3.05) is 19.6 Å². The van der Waals surface area contributed by atoms with Crippen molar-refractivity contribution >= 4 is 0 Å². The van der Waals surface area contributed by atoms with Crippen molar-refractivity contribution in [2.45, 2.75) is 83.6 Å². The highest BCUT2D eigenvalue weighted by molar-refractivity contribution is 5.07. The molecule has 21 heavy (non-hydrogen) atoms. The van der Waals surface area contributed by atoms with E-state index in [-0.39, 0.29) is 11.2 Å². The zero-order chi connectivity index (χ0) is 15.3. The smallest absolute Gasteiger partial charge is 0.0790 e. The van der Waals surface area contributed by atoms with Gasteiger partial charge in [-0.25, -0.2) is 0 Å². The van der Waals surface area contributed by atoms with Crippen LogP contribution in [0.1, 0.15) is 60.3 Å². The molecule has 122 valence electrons. The highest BCUT2D eigenvalue weighted by Crippen LogP contribution is 2.45. The van der Waals surface area contributed by atoms with Crippen LogP contribution < -0.4 is 5.32 Å². The van der Waals surface area contributed by atoms with Gasteiger partial charge in [0.1, 0.15) is 0 Å². The van der Waals surface area contributed by atoms with E-state index in [9.17, 15) is 0 Å². The molecular formula is C18H34N2O. The Morgan fingerprint density at radius 1 is 1.14 bits per heavy atom. The topological polar surface area (TPSA) is 24.5 Å². The van der Waals surface area contributed by atoms with Gasteiger partial charge in [-0.15, -0.1) is 0 Å². The molecule has 3 aliphatic rings. The van der Waals surface area contributed by atoms with E-state index in [1.165, 1.54) is 38.8 Å². The first-order chi connectivity index (χ1) is 9.83. The molecule has 1 N–H and O–H groups in total. The molecule has 2 saturated heterocycles. The molecule has 3 rings (SSSR count). The van der Waals surface area contributed by atoms with Crippen LogP contribution in [-0.2, 0) is 4.74 Å². The predicted molar refractivity (Wildman–Crippen MR) is 87.5 cm³/mol. The lowest BCUT2D eigenvalue weighted by molar-refractivity contribution is -0.0800. The van der Waals surface area contributed by atoms with E-state index in [0.717, 1.165) is 18.5 Å². The van der Waals surface area contributed by atoms with Gasteiger partial charge in [0.05, 0.1) is 11.2 Å². The lowest BCUT2D eigenvalue weighted by atomic mass is 9.81. The summed E-state index contributed by atoms with van der Waals surface area (Å²) in [5.41, 5.74) is -0.0984. The molecule has 0 radical (unpaired) electrons. The van der Waals surface area contributed by atoms with Crippen LogP contribution in [0.4, 0.5) is 0 Å². The van der Waals surface area contributed by atoms with E-state index in [4.69, 9.17) is 4.74 Å². The zero-order valence-electron chi connectivity index (χ0n) is 14.6. The van der Waals surface area contributed by atoms with Crippen LogP contribution in [0.15, 0.2) is 0 Å². The predicted octanol–water partition coefficient (Wildman–Crippen LogP) is 3.04. The molecule has 0 aromatic rings. The second kappa shape index (κ2) is 5.50. The number of ether oxygens (including phenoxy) is 1. The molecule has 1 saturated carbocycles. The van der Waals surface area contributed by atoms with Crippen LogP contribution in [0, 0.1) is 11.8 Å². The Morgan fingerprint density at radius 2 is 1.90 bits per heavy atom. The van der Waals surface area contributed by atoms with Crippen LogP contribution in [-0.4, -0.2) is 47.8 Å². The number of fused-ring (bicyclic) bond motifs is 2. The summed E-state index contributed by atoms with van der Waals surface area (Å²) in [5, 5.41) is 3.79. The first kappa shape index (κ1) is 15.8. The number of hydrogen-bond acceptors (Lipinski definition) is 3. The average molecular weight is 294 g/mol. The van der Waals surface area contributed by atoms with Crippen molar-refractivity contribution in [3.63, 3.8) is 0 Å². The molecule has 3 heteroatoms. The van der Waals surface area contributed by atoms with Gasteiger partial charge in [-0.1, -0.05) is 6.92 Å². The van der Waals surface area contributed by atoms with Crippen LogP contribution >= 0.6 is 0 Å². The van der Waals surface area contributed by atoms with Crippen molar-refractivity contribution in [1.29, 1.82) is 0 Å². The van der Waals surface area contributed by atoms with Crippen LogP contribution in [0.2, 0.25) is 0 Å². The number of rotatable bonds is 5. The Bertz CT molecular complexity index is 379. The van der Waals surface area contributed by atoms with Gasteiger partial charge in [-0.3, -0.25) is 4.90 Å². The van der Waals surface area contributed by atoms with Gasteiger partial charge in [0.25, 0.3) is 0 Å². The van der Waals surface area contributed by atoms with E-state index in [2.05, 4.69) is 44.8 Å². The van der Waals surface area contributed by atoms with Gasteiger partial charge in [-0.2, -0.15) is 0 Å². The van der Waals surface area contributed by atoms with Crippen LogP contribution in [0.25, 0.3) is 0 Å². The third kappa shape index (κ3) is 2.89. The molecule has 3 nitrogen and oxygen atoms in total. The highest BCUT2D eigenvalue weighted by Gasteiger charge is 2.54. The van der Waals surface area contributed by atoms with E-state index in [1.54, 1.807) is 0 Å². The van der Waals surface area contributed by atoms with E-state index in [0.29, 0.717) is 12.0 Å². The molecule has 3 fully saturated rings. The molecule has 0 aromatic heterocycles. The monoisotopic (exact) mass is 294 g/mol. The number of nitrogens with one attached hydrogen (secondary N) is 1. The van der Waals surface area contributed by atoms with Crippen molar-refractivity contribution in [1.82, 2.24) is 10.2 Å². The maximum absolute atomic E-state index is 6.46. The summed E-state index contributed by atoms with van der Waals surface area (Å²) in [5.74, 6) is 1.56. The summed E-state index contributed by atoms with van der Waals surface area (Å²) in [7, 11) is 0. The lowest BCUT2D eigenvalue weighted by Gasteiger charge is -2.36. The Kier molecular flexibility index (Phi) is 4.13. The Hall–Kier alpha value is -0.120. The van der Waals surface area contributed by atoms with Crippen molar-refractivity contribution in [3.05, 3.63) is 0 Å². The second-order valence-electron chi connectivity index (χ2n) is 8.63. The number of likely N-dealkylation sites (tertiary alicyclic amines) is 1. The first-order valence-corrected chi connectivity index (χ1v) is 9.01. The zero-order valence-corrected chi connectivity index (χ0v) is 14.6. The molecular weight excluding hydrogens is 260 g/mol. The third-order valence-electron chi connectivity index (χ3n) is 6.14. The third-order valence-corrected chi connectivity index (χ3v) is 6.14. The summed E-state index contributed by atoms with van der Waals surface area (Å²) < 4.78 is 6.46. The standard InChI is InChI=1S/C18H34N2O/c1-6-9-19-16-15(17(2,3)21-18(16,4)5)12-20-11-13-7-8-14(20)10-13/h13-16,19H,6-12H2,1-5H3. The fourth-order valence-electron chi connectivity index (χ4n) is 5.22. The van der Waals surface area contributed by atoms with Crippen molar-refractivity contribution in [2.24, 2.45) is 11.8 Å². The minimum atomic E-state index is -0.0674. The molecule has 0 aromatic carbocycles. The average Bonchev–Trinajstić information content (AvgIpc) is 3.01. The van der Waals surface area contributed by atoms with Gasteiger partial charge in [0.15, 0.2) is 0 Å². The molecule has 0 amide bonds. The second-order valence-corrected chi connectivity index (χ2v) is 8.63. The van der Waals surface area contributed by atoms with Gasteiger partial charge in [-0.05, 0) is 65.8 Å². The highest BCUT2D eigenvalue weighted by atomic mass is 16.5. The summed E-state index contributed by atoms with van der Waals surface area (Å²) >= 11 is 0. The van der Waals surface area contributed by atoms with Crippen LogP contribution in [0.5, 0.6) is 0 Å². The van der Waals surface area contributed by atoms with Crippen molar-refractivity contribution in [3.8, 4) is 0 Å². The largest absolute Gasteiger partial charge is 0.368 e. The fraction of sp³-hybridized carbons (Fsp3) is 1.00. The maximum atomic E-state index is 6.46. The molecule has 1 aliphatic carbocycles. The van der Waals surface area contributed by atoms with E-state index < -0.39 is 0 Å². The summed E-state index contributed by atoms with van der Waals surface area (Å²) in [6.45, 7) is 15.0. The minimum absolute atomic E-state index is 0.0310. The summed E-state index contributed by atoms with van der Waals surface area (Å²) in [6, 6.07) is 1.33. The molecule has 2 aliphatic heterocycles. The van der Waals surface area contributed by atoms with E-state index in [1.807, 2.05) is 0 Å². The molecule has 0 spiro atoms. The first-order valence-electron chi connectivity index (χ1n) is 9.01. The van der Waals surface area contributed by atoms with Crippen LogP contribution in [0.3, 0.4) is 0 Å². The Morgan fingerprint density at radius 3 is 2.48 bits per heavy atom. The number of piperidine rings is 1. The van der Waals surface area contributed by atoms with Crippen molar-refractivity contribution < 1.29 is 4.74 Å². The van der Waals surface area contributed by atoms with Gasteiger partial charge in [0.2, 0.25) is 0 Å². The maximum Gasteiger partial charge on any atom is 0.0790 e. The Labute approximate surface area is 130 Å².